The summed E-state index contributed by atoms with van der Waals surface area (Å²) in [5.74, 6) is 1.49. The number of anilines is 3. The molecule has 38 heavy (non-hydrogen) atoms. The predicted octanol–water partition coefficient (Wildman–Crippen LogP) is 3.69. The van der Waals surface area contributed by atoms with Crippen molar-refractivity contribution in [3.63, 3.8) is 0 Å². The summed E-state index contributed by atoms with van der Waals surface area (Å²) in [6.45, 7) is 3.88. The predicted molar refractivity (Wildman–Crippen MR) is 145 cm³/mol. The molecular weight excluding hydrogens is 480 g/mol. The molecule has 0 amide bonds. The van der Waals surface area contributed by atoms with Crippen molar-refractivity contribution in [3.8, 4) is 17.0 Å². The first-order valence-electron chi connectivity index (χ1n) is 13.1. The Hall–Kier alpha value is -4.15. The number of rotatable bonds is 6. The third-order valence-corrected chi connectivity index (χ3v) is 8.24. The lowest BCUT2D eigenvalue weighted by atomic mass is 10.1. The molecule has 6 heterocycles. The van der Waals surface area contributed by atoms with Crippen LogP contribution in [0.25, 0.3) is 27.8 Å². The third-order valence-electron chi connectivity index (χ3n) is 8.24. The van der Waals surface area contributed by atoms with Gasteiger partial charge in [-0.2, -0.15) is 5.10 Å². The molecule has 2 aromatic carbocycles. The number of nitrogens with one attached hydrogen (secondary N) is 2. The summed E-state index contributed by atoms with van der Waals surface area (Å²) in [6.07, 6.45) is 6.60. The second-order valence-electron chi connectivity index (χ2n) is 10.4. The van der Waals surface area contributed by atoms with Crippen molar-refractivity contribution in [1.82, 2.24) is 29.5 Å². The molecule has 2 atom stereocenters. The molecule has 0 aliphatic carbocycles. The molecular formula is C28H28N8O2. The van der Waals surface area contributed by atoms with Crippen LogP contribution < -0.4 is 15.0 Å². The van der Waals surface area contributed by atoms with Crippen LogP contribution in [0.3, 0.4) is 0 Å². The number of fused-ring (bicyclic) bond motifs is 4. The zero-order valence-corrected chi connectivity index (χ0v) is 21.0. The van der Waals surface area contributed by atoms with Gasteiger partial charge in [-0.1, -0.05) is 12.1 Å². The Morgan fingerprint density at radius 1 is 1.05 bits per heavy atom. The topological polar surface area (TPSA) is 95.8 Å². The van der Waals surface area contributed by atoms with E-state index < -0.39 is 0 Å². The highest BCUT2D eigenvalue weighted by Crippen LogP contribution is 2.41. The molecule has 2 unspecified atom stereocenters. The van der Waals surface area contributed by atoms with Gasteiger partial charge in [0.1, 0.15) is 12.1 Å². The van der Waals surface area contributed by atoms with Crippen LogP contribution >= 0.6 is 0 Å². The van der Waals surface area contributed by atoms with E-state index in [9.17, 15) is 0 Å². The van der Waals surface area contributed by atoms with Gasteiger partial charge in [0, 0.05) is 54.2 Å². The Morgan fingerprint density at radius 3 is 2.82 bits per heavy atom. The van der Waals surface area contributed by atoms with Gasteiger partial charge in [0.05, 0.1) is 43.9 Å². The minimum atomic E-state index is 0.513. The van der Waals surface area contributed by atoms with Gasteiger partial charge in [-0.3, -0.25) is 4.90 Å². The molecule has 3 aromatic heterocycles. The van der Waals surface area contributed by atoms with Crippen LogP contribution in [0, 0.1) is 0 Å². The number of aromatic amines is 1. The van der Waals surface area contributed by atoms with Gasteiger partial charge in [-0.05, 0) is 36.1 Å². The first kappa shape index (κ1) is 21.9. The van der Waals surface area contributed by atoms with Crippen LogP contribution in [0.2, 0.25) is 0 Å². The minimum Gasteiger partial charge on any atom is -0.495 e. The van der Waals surface area contributed by atoms with E-state index in [1.54, 1.807) is 18.0 Å². The van der Waals surface area contributed by atoms with Crippen LogP contribution in [0.5, 0.6) is 5.75 Å². The van der Waals surface area contributed by atoms with Gasteiger partial charge in [-0.15, -0.1) is 0 Å². The first-order chi connectivity index (χ1) is 18.7. The molecule has 0 spiro atoms. The van der Waals surface area contributed by atoms with Crippen molar-refractivity contribution < 1.29 is 9.47 Å². The van der Waals surface area contributed by atoms with Gasteiger partial charge in [0.15, 0.2) is 11.5 Å². The van der Waals surface area contributed by atoms with E-state index in [-0.39, 0.29) is 0 Å². The Morgan fingerprint density at radius 2 is 2.00 bits per heavy atom. The number of likely N-dealkylation sites (tertiary alicyclic amines) is 1. The van der Waals surface area contributed by atoms with E-state index in [0.717, 1.165) is 65.6 Å². The summed E-state index contributed by atoms with van der Waals surface area (Å²) in [7, 11) is 1.74. The highest BCUT2D eigenvalue weighted by atomic mass is 16.5. The Labute approximate surface area is 219 Å². The summed E-state index contributed by atoms with van der Waals surface area (Å²) in [5.41, 5.74) is 5.56. The lowest BCUT2D eigenvalue weighted by molar-refractivity contribution is -0.0708. The maximum atomic E-state index is 5.88. The van der Waals surface area contributed by atoms with Crippen molar-refractivity contribution in [2.75, 3.05) is 43.6 Å². The molecule has 3 fully saturated rings. The van der Waals surface area contributed by atoms with Crippen molar-refractivity contribution in [2.24, 2.45) is 0 Å². The quantitative estimate of drug-likeness (QED) is 0.359. The Balaban J connectivity index is 1.09. The number of benzene rings is 2. The second-order valence-corrected chi connectivity index (χ2v) is 10.4. The molecule has 192 valence electrons. The van der Waals surface area contributed by atoms with Crippen LogP contribution in [0.4, 0.5) is 17.2 Å². The zero-order valence-electron chi connectivity index (χ0n) is 21.0. The van der Waals surface area contributed by atoms with Gasteiger partial charge in [-0.25, -0.2) is 14.5 Å². The maximum Gasteiger partial charge on any atom is 0.198 e. The zero-order chi connectivity index (χ0) is 25.2. The van der Waals surface area contributed by atoms with Crippen LogP contribution in [-0.2, 0) is 4.74 Å². The van der Waals surface area contributed by atoms with E-state index in [1.165, 1.54) is 6.42 Å². The van der Waals surface area contributed by atoms with E-state index in [0.29, 0.717) is 29.6 Å². The van der Waals surface area contributed by atoms with E-state index in [1.807, 2.05) is 18.5 Å². The summed E-state index contributed by atoms with van der Waals surface area (Å²) in [4.78, 5) is 17.8. The number of ether oxygens (including phenoxy) is 2. The fraction of sp³-hybridized carbons (Fsp3) is 0.321. The van der Waals surface area contributed by atoms with Crippen LogP contribution in [-0.4, -0.2) is 81.0 Å². The number of methoxy groups -OCH3 is 1. The van der Waals surface area contributed by atoms with Gasteiger partial charge < -0.3 is 24.7 Å². The fourth-order valence-electron chi connectivity index (χ4n) is 6.24. The average molecular weight is 509 g/mol. The van der Waals surface area contributed by atoms with Crippen LogP contribution in [0.15, 0.2) is 61.2 Å². The minimum absolute atomic E-state index is 0.513. The summed E-state index contributed by atoms with van der Waals surface area (Å²) >= 11 is 0. The van der Waals surface area contributed by atoms with Crippen molar-refractivity contribution >= 4 is 33.7 Å². The normalized spacial score (nSPS) is 21.4. The highest BCUT2D eigenvalue weighted by Gasteiger charge is 2.47. The molecule has 0 radical (unpaired) electrons. The molecule has 3 saturated heterocycles. The molecule has 3 aliphatic rings. The molecule has 2 bridgehead atoms. The molecule has 0 saturated carbocycles. The lowest BCUT2D eigenvalue weighted by Crippen LogP contribution is -2.56. The van der Waals surface area contributed by atoms with Crippen molar-refractivity contribution in [2.45, 2.75) is 24.5 Å². The number of aromatic nitrogens is 5. The Bertz CT molecular complexity index is 1660. The van der Waals surface area contributed by atoms with E-state index in [4.69, 9.17) is 14.5 Å². The molecule has 10 heteroatoms. The molecule has 5 aromatic rings. The summed E-state index contributed by atoms with van der Waals surface area (Å²) in [5, 5.41) is 9.02. The van der Waals surface area contributed by atoms with Crippen molar-refractivity contribution in [3.05, 3.63) is 61.2 Å². The average Bonchev–Trinajstić information content (AvgIpc) is 3.71. The monoisotopic (exact) mass is 508 g/mol. The molecule has 10 nitrogen and oxygen atoms in total. The smallest absolute Gasteiger partial charge is 0.198 e. The molecule has 2 N–H and O–H groups in total. The fourth-order valence-corrected chi connectivity index (χ4v) is 6.24. The van der Waals surface area contributed by atoms with Gasteiger partial charge in [0.2, 0.25) is 0 Å². The highest BCUT2D eigenvalue weighted by molar-refractivity contribution is 5.85. The number of piperazine rings is 1. The summed E-state index contributed by atoms with van der Waals surface area (Å²) < 4.78 is 13.1. The lowest BCUT2D eigenvalue weighted by Gasteiger charge is -2.43. The van der Waals surface area contributed by atoms with Crippen LogP contribution in [0.1, 0.15) is 6.42 Å². The number of H-pyrrole nitrogens is 1. The number of hydrogen-bond donors (Lipinski definition) is 2. The third kappa shape index (κ3) is 3.44. The molecule has 8 rings (SSSR count). The number of hydrogen-bond acceptors (Lipinski definition) is 8. The SMILES string of the molecule is COc1cc(Nc2nc(-c3ccc4cc[nH]c4c3)cn3ncnc23)ccc1N1CC2CC1CN2C1COC1. The first-order valence-corrected chi connectivity index (χ1v) is 13.1. The Kier molecular flexibility index (Phi) is 4.86. The standard InChI is InChI=1S/C28H28N8O2/c1-37-26-9-19(4-5-25(26)35-12-20-10-21(35)11-34(20)22-14-38-15-22)32-27-28-30-16-31-36(28)13-24(33-27)18-3-2-17-6-7-29-23(17)8-18/h2-9,13,16,20-22,29H,10-12,14-15H2,1H3,(H,32,33). The molecule has 3 aliphatic heterocycles. The van der Waals surface area contributed by atoms with Crippen molar-refractivity contribution in [1.29, 1.82) is 0 Å². The summed E-state index contributed by atoms with van der Waals surface area (Å²) in [6, 6.07) is 16.3. The number of nitrogens with zero attached hydrogens (tertiary/aromatic N) is 6. The van der Waals surface area contributed by atoms with Gasteiger partial charge in [0.25, 0.3) is 0 Å². The second kappa shape index (κ2) is 8.44. The largest absolute Gasteiger partial charge is 0.495 e. The van der Waals surface area contributed by atoms with E-state index >= 15 is 0 Å². The maximum absolute atomic E-state index is 5.88. The van der Waals surface area contributed by atoms with Gasteiger partial charge >= 0.3 is 0 Å². The van der Waals surface area contributed by atoms with E-state index in [2.05, 4.69) is 66.6 Å².